The molecule has 0 saturated heterocycles. The highest BCUT2D eigenvalue weighted by Gasteiger charge is 2.04. The van der Waals surface area contributed by atoms with Crippen LogP contribution in [0.25, 0.3) is 0 Å². The van der Waals surface area contributed by atoms with Crippen molar-refractivity contribution in [1.29, 1.82) is 0 Å². The minimum absolute atomic E-state index is 0.281. The Kier molecular flexibility index (Phi) is 5.87. The summed E-state index contributed by atoms with van der Waals surface area (Å²) < 4.78 is 0. The largest absolute Gasteiger partial charge is 0.324 e. The van der Waals surface area contributed by atoms with Crippen LogP contribution in [0.3, 0.4) is 0 Å². The highest BCUT2D eigenvalue weighted by molar-refractivity contribution is 7.09. The molecular formula is C13H17N3OS. The number of aromatic nitrogens is 1. The summed E-state index contributed by atoms with van der Waals surface area (Å²) in [6.45, 7) is 5.89. The third kappa shape index (κ3) is 4.55. The number of rotatable bonds is 2. The summed E-state index contributed by atoms with van der Waals surface area (Å²) in [4.78, 5) is 15.7. The maximum absolute atomic E-state index is 11.5. The number of para-hydroxylation sites is 1. The van der Waals surface area contributed by atoms with Crippen molar-refractivity contribution < 1.29 is 4.79 Å². The number of carbonyl (C=O) groups excluding carboxylic acids is 1. The topological polar surface area (TPSA) is 54.0 Å². The number of carbonyl (C=O) groups is 1. The van der Waals surface area contributed by atoms with E-state index in [-0.39, 0.29) is 6.03 Å². The molecular weight excluding hydrogens is 246 g/mol. The summed E-state index contributed by atoms with van der Waals surface area (Å²) in [6, 6.07) is 8.99. The van der Waals surface area contributed by atoms with E-state index in [2.05, 4.69) is 15.6 Å². The van der Waals surface area contributed by atoms with Crippen molar-refractivity contribution in [2.45, 2.75) is 20.8 Å². The van der Waals surface area contributed by atoms with E-state index < -0.39 is 0 Å². The highest BCUT2D eigenvalue weighted by Crippen LogP contribution is 2.13. The molecule has 1 heterocycles. The van der Waals surface area contributed by atoms with E-state index in [0.29, 0.717) is 5.82 Å². The smallest absolute Gasteiger partial charge is 0.308 e. The lowest BCUT2D eigenvalue weighted by atomic mass is 10.3. The van der Waals surface area contributed by atoms with Crippen LogP contribution in [0.2, 0.25) is 0 Å². The van der Waals surface area contributed by atoms with Gasteiger partial charge in [0.2, 0.25) is 0 Å². The Labute approximate surface area is 111 Å². The molecule has 96 valence electrons. The van der Waals surface area contributed by atoms with Gasteiger partial charge in [-0.2, -0.15) is 0 Å². The molecule has 2 aromatic rings. The van der Waals surface area contributed by atoms with Gasteiger partial charge in [0.25, 0.3) is 0 Å². The Balaban J connectivity index is 0.000000771. The average Bonchev–Trinajstić information content (AvgIpc) is 2.78. The van der Waals surface area contributed by atoms with Gasteiger partial charge >= 0.3 is 6.03 Å². The first-order chi connectivity index (χ1) is 8.74. The summed E-state index contributed by atoms with van der Waals surface area (Å²) >= 11 is 1.50. The van der Waals surface area contributed by atoms with Crippen LogP contribution in [0, 0.1) is 6.92 Å². The van der Waals surface area contributed by atoms with Crippen LogP contribution in [0.5, 0.6) is 0 Å². The van der Waals surface area contributed by atoms with Gasteiger partial charge in [0.15, 0.2) is 0 Å². The summed E-state index contributed by atoms with van der Waals surface area (Å²) in [5.41, 5.74) is 0.756. The van der Waals surface area contributed by atoms with Gasteiger partial charge < -0.3 is 5.32 Å². The Bertz CT molecular complexity index is 482. The van der Waals surface area contributed by atoms with Crippen molar-refractivity contribution >= 4 is 28.9 Å². The Morgan fingerprint density at radius 2 is 1.83 bits per heavy atom. The first-order valence-corrected chi connectivity index (χ1v) is 6.67. The molecule has 0 atom stereocenters. The van der Waals surface area contributed by atoms with Crippen molar-refractivity contribution in [3.8, 4) is 0 Å². The summed E-state index contributed by atoms with van der Waals surface area (Å²) in [5.74, 6) is 0.580. The minimum Gasteiger partial charge on any atom is -0.308 e. The second-order valence-corrected chi connectivity index (χ2v) is 4.26. The molecule has 0 aliphatic rings. The number of thiazole rings is 1. The zero-order valence-corrected chi connectivity index (χ0v) is 11.5. The monoisotopic (exact) mass is 263 g/mol. The molecule has 4 nitrogen and oxygen atoms in total. The number of hydrogen-bond donors (Lipinski definition) is 2. The van der Waals surface area contributed by atoms with E-state index >= 15 is 0 Å². The van der Waals surface area contributed by atoms with E-state index in [1.807, 2.05) is 51.1 Å². The van der Waals surface area contributed by atoms with Crippen LogP contribution in [0.15, 0.2) is 35.7 Å². The number of anilines is 2. The summed E-state index contributed by atoms with van der Waals surface area (Å²) in [5, 5.41) is 8.11. The Hall–Kier alpha value is -1.88. The number of amides is 2. The molecule has 0 bridgehead atoms. The standard InChI is InChI=1S/C11H11N3OS.C2H6/c1-8-12-10(7-16-8)14-11(15)13-9-5-3-2-4-6-9;1-2/h2-7H,1H3,(H2,13,14,15);1-2H3. The fraction of sp³-hybridized carbons (Fsp3) is 0.231. The van der Waals surface area contributed by atoms with Crippen molar-refractivity contribution in [2.75, 3.05) is 10.6 Å². The third-order valence-corrected chi connectivity index (χ3v) is 2.67. The molecule has 5 heteroatoms. The number of nitrogens with zero attached hydrogens (tertiary/aromatic N) is 1. The first kappa shape index (κ1) is 14.2. The summed E-state index contributed by atoms with van der Waals surface area (Å²) in [6.07, 6.45) is 0. The number of nitrogens with one attached hydrogen (secondary N) is 2. The van der Waals surface area contributed by atoms with Crippen LogP contribution < -0.4 is 10.6 Å². The van der Waals surface area contributed by atoms with Gasteiger partial charge in [-0.3, -0.25) is 5.32 Å². The van der Waals surface area contributed by atoms with Gasteiger partial charge in [-0.15, -0.1) is 11.3 Å². The molecule has 2 amide bonds. The second kappa shape index (κ2) is 7.45. The number of aryl methyl sites for hydroxylation is 1. The number of hydrogen-bond acceptors (Lipinski definition) is 3. The third-order valence-electron chi connectivity index (χ3n) is 1.89. The molecule has 2 rings (SSSR count). The van der Waals surface area contributed by atoms with E-state index in [1.165, 1.54) is 11.3 Å². The van der Waals surface area contributed by atoms with Crippen LogP contribution in [-0.4, -0.2) is 11.0 Å². The molecule has 0 spiro atoms. The maximum atomic E-state index is 11.5. The van der Waals surface area contributed by atoms with Crippen LogP contribution in [0.4, 0.5) is 16.3 Å². The lowest BCUT2D eigenvalue weighted by molar-refractivity contribution is 0.262. The Morgan fingerprint density at radius 1 is 1.17 bits per heavy atom. The zero-order chi connectivity index (χ0) is 13.4. The van der Waals surface area contributed by atoms with Crippen LogP contribution in [0.1, 0.15) is 18.9 Å². The molecule has 0 aliphatic carbocycles. The van der Waals surface area contributed by atoms with Gasteiger partial charge in [0.1, 0.15) is 5.82 Å². The molecule has 0 aliphatic heterocycles. The van der Waals surface area contributed by atoms with E-state index in [4.69, 9.17) is 0 Å². The minimum atomic E-state index is -0.281. The molecule has 18 heavy (non-hydrogen) atoms. The summed E-state index contributed by atoms with van der Waals surface area (Å²) in [7, 11) is 0. The molecule has 0 radical (unpaired) electrons. The lowest BCUT2D eigenvalue weighted by Crippen LogP contribution is -2.19. The van der Waals surface area contributed by atoms with Gasteiger partial charge in [-0.05, 0) is 19.1 Å². The van der Waals surface area contributed by atoms with Gasteiger partial charge in [0.05, 0.1) is 5.01 Å². The van der Waals surface area contributed by atoms with Gasteiger partial charge in [-0.1, -0.05) is 32.0 Å². The highest BCUT2D eigenvalue weighted by atomic mass is 32.1. The van der Waals surface area contributed by atoms with Crippen molar-refractivity contribution in [2.24, 2.45) is 0 Å². The van der Waals surface area contributed by atoms with E-state index in [9.17, 15) is 4.79 Å². The quantitative estimate of drug-likeness (QED) is 0.856. The number of urea groups is 1. The average molecular weight is 263 g/mol. The number of benzene rings is 1. The fourth-order valence-electron chi connectivity index (χ4n) is 1.22. The maximum Gasteiger partial charge on any atom is 0.324 e. The van der Waals surface area contributed by atoms with Crippen molar-refractivity contribution in [1.82, 2.24) is 4.98 Å². The van der Waals surface area contributed by atoms with E-state index in [1.54, 1.807) is 5.38 Å². The van der Waals surface area contributed by atoms with Gasteiger partial charge in [0, 0.05) is 11.1 Å². The molecule has 0 unspecified atom stereocenters. The normalized spacial score (nSPS) is 9.06. The van der Waals surface area contributed by atoms with Crippen molar-refractivity contribution in [3.63, 3.8) is 0 Å². The SMILES string of the molecule is CC.Cc1nc(NC(=O)Nc2ccccc2)cs1. The molecule has 1 aromatic carbocycles. The van der Waals surface area contributed by atoms with Crippen LogP contribution in [-0.2, 0) is 0 Å². The zero-order valence-electron chi connectivity index (χ0n) is 10.7. The second-order valence-electron chi connectivity index (χ2n) is 3.20. The lowest BCUT2D eigenvalue weighted by Gasteiger charge is -2.04. The predicted molar refractivity (Wildman–Crippen MR) is 77.3 cm³/mol. The molecule has 1 aromatic heterocycles. The van der Waals surface area contributed by atoms with Crippen molar-refractivity contribution in [3.05, 3.63) is 40.7 Å². The van der Waals surface area contributed by atoms with E-state index in [0.717, 1.165) is 10.7 Å². The molecule has 0 saturated carbocycles. The fourth-order valence-corrected chi connectivity index (χ4v) is 1.77. The first-order valence-electron chi connectivity index (χ1n) is 5.79. The Morgan fingerprint density at radius 3 is 2.39 bits per heavy atom. The van der Waals surface area contributed by atoms with Crippen LogP contribution >= 0.6 is 11.3 Å². The predicted octanol–water partition coefficient (Wildman–Crippen LogP) is 4.12. The van der Waals surface area contributed by atoms with Gasteiger partial charge in [-0.25, -0.2) is 9.78 Å². The molecule has 0 fully saturated rings. The molecule has 2 N–H and O–H groups in total.